The lowest BCUT2D eigenvalue weighted by Crippen LogP contribution is -2.28. The number of nitrogens with one attached hydrogen (secondary N) is 1. The van der Waals surface area contributed by atoms with Crippen LogP contribution in [0.1, 0.15) is 10.4 Å². The van der Waals surface area contributed by atoms with Gasteiger partial charge in [0.2, 0.25) is 0 Å². The van der Waals surface area contributed by atoms with Crippen LogP contribution in [-0.4, -0.2) is 39.3 Å². The number of hydrogen-bond acceptors (Lipinski definition) is 5. The molecule has 3 rings (SSSR count). The summed E-state index contributed by atoms with van der Waals surface area (Å²) in [5.41, 5.74) is 1.25. The topological polar surface area (TPSA) is 81.9 Å². The second-order valence-electron chi connectivity index (χ2n) is 4.87. The number of amides is 1. The number of halogens is 1. The number of hydrogen-bond donors (Lipinski definition) is 1. The predicted molar refractivity (Wildman–Crippen MR) is 91.1 cm³/mol. The molecular formula is C16H14BrN5O2. The third-order valence-corrected chi connectivity index (χ3v) is 3.67. The van der Waals surface area contributed by atoms with Crippen molar-refractivity contribution in [3.63, 3.8) is 0 Å². The summed E-state index contributed by atoms with van der Waals surface area (Å²) in [5, 5.41) is 13.8. The summed E-state index contributed by atoms with van der Waals surface area (Å²) in [6.07, 6.45) is 1.48. The fourth-order valence-electron chi connectivity index (χ4n) is 2.06. The van der Waals surface area contributed by atoms with Gasteiger partial charge in [0.05, 0.1) is 12.2 Å². The quantitative estimate of drug-likeness (QED) is 0.655. The Morgan fingerprint density at radius 1 is 1.21 bits per heavy atom. The van der Waals surface area contributed by atoms with Crippen molar-refractivity contribution < 1.29 is 9.53 Å². The Kier molecular flexibility index (Phi) is 5.17. The second-order valence-corrected chi connectivity index (χ2v) is 5.78. The predicted octanol–water partition coefficient (Wildman–Crippen LogP) is 2.23. The number of carbonyl (C=O) groups is 1. The molecule has 24 heavy (non-hydrogen) atoms. The van der Waals surface area contributed by atoms with E-state index in [-0.39, 0.29) is 5.91 Å². The summed E-state index contributed by atoms with van der Waals surface area (Å²) in [7, 11) is 0. The van der Waals surface area contributed by atoms with Crippen molar-refractivity contribution in [2.75, 3.05) is 13.2 Å². The maximum atomic E-state index is 12.2. The number of rotatable bonds is 6. The van der Waals surface area contributed by atoms with Crippen molar-refractivity contribution in [1.29, 1.82) is 0 Å². The van der Waals surface area contributed by atoms with Gasteiger partial charge in [0.1, 0.15) is 18.7 Å². The van der Waals surface area contributed by atoms with Crippen LogP contribution in [0.15, 0.2) is 59.3 Å². The molecule has 1 aromatic heterocycles. The molecule has 0 saturated heterocycles. The van der Waals surface area contributed by atoms with Gasteiger partial charge in [-0.1, -0.05) is 28.1 Å². The SMILES string of the molecule is O=C(NCCOc1cccc(Br)c1)c1cccc(-n2cnnn2)c1. The van der Waals surface area contributed by atoms with Crippen molar-refractivity contribution in [1.82, 2.24) is 25.5 Å². The summed E-state index contributed by atoms with van der Waals surface area (Å²) >= 11 is 3.38. The van der Waals surface area contributed by atoms with E-state index in [0.717, 1.165) is 15.9 Å². The molecule has 122 valence electrons. The van der Waals surface area contributed by atoms with E-state index >= 15 is 0 Å². The number of aromatic nitrogens is 4. The highest BCUT2D eigenvalue weighted by atomic mass is 79.9. The van der Waals surface area contributed by atoms with Crippen LogP contribution in [-0.2, 0) is 0 Å². The lowest BCUT2D eigenvalue weighted by atomic mass is 10.2. The molecule has 0 bridgehead atoms. The average Bonchev–Trinajstić information content (AvgIpc) is 3.13. The minimum Gasteiger partial charge on any atom is -0.492 e. The van der Waals surface area contributed by atoms with Crippen LogP contribution >= 0.6 is 15.9 Å². The Morgan fingerprint density at radius 2 is 2.08 bits per heavy atom. The van der Waals surface area contributed by atoms with Gasteiger partial charge in [-0.15, -0.1) is 5.10 Å². The van der Waals surface area contributed by atoms with Crippen molar-refractivity contribution in [2.45, 2.75) is 0 Å². The molecule has 1 N–H and O–H groups in total. The number of benzene rings is 2. The van der Waals surface area contributed by atoms with E-state index in [9.17, 15) is 4.79 Å². The van der Waals surface area contributed by atoms with Gasteiger partial charge in [0, 0.05) is 10.0 Å². The number of carbonyl (C=O) groups excluding carboxylic acids is 1. The van der Waals surface area contributed by atoms with Crippen LogP contribution in [0.5, 0.6) is 5.75 Å². The van der Waals surface area contributed by atoms with E-state index in [1.807, 2.05) is 30.3 Å². The highest BCUT2D eigenvalue weighted by Crippen LogP contribution is 2.17. The highest BCUT2D eigenvalue weighted by molar-refractivity contribution is 9.10. The number of ether oxygens (including phenoxy) is 1. The Labute approximate surface area is 146 Å². The summed E-state index contributed by atoms with van der Waals surface area (Å²) in [5.74, 6) is 0.571. The normalized spacial score (nSPS) is 10.4. The molecule has 0 unspecified atom stereocenters. The minimum absolute atomic E-state index is 0.178. The molecule has 1 amide bonds. The van der Waals surface area contributed by atoms with Gasteiger partial charge in [0.25, 0.3) is 5.91 Å². The molecule has 0 saturated carbocycles. The van der Waals surface area contributed by atoms with Gasteiger partial charge in [-0.05, 0) is 46.8 Å². The van der Waals surface area contributed by atoms with Gasteiger partial charge in [0.15, 0.2) is 0 Å². The Morgan fingerprint density at radius 3 is 2.88 bits per heavy atom. The van der Waals surface area contributed by atoms with Gasteiger partial charge < -0.3 is 10.1 Å². The van der Waals surface area contributed by atoms with Crippen molar-refractivity contribution >= 4 is 21.8 Å². The molecule has 8 heteroatoms. The van der Waals surface area contributed by atoms with Crippen LogP contribution in [0.3, 0.4) is 0 Å². The zero-order valence-electron chi connectivity index (χ0n) is 12.6. The van der Waals surface area contributed by atoms with Crippen LogP contribution < -0.4 is 10.1 Å². The van der Waals surface area contributed by atoms with Crippen LogP contribution in [0.4, 0.5) is 0 Å². The highest BCUT2D eigenvalue weighted by Gasteiger charge is 2.07. The van der Waals surface area contributed by atoms with Crippen LogP contribution in [0.2, 0.25) is 0 Å². The smallest absolute Gasteiger partial charge is 0.251 e. The maximum Gasteiger partial charge on any atom is 0.251 e. The largest absolute Gasteiger partial charge is 0.492 e. The second kappa shape index (κ2) is 7.69. The zero-order valence-corrected chi connectivity index (χ0v) is 14.2. The Balaban J connectivity index is 1.53. The molecule has 0 fully saturated rings. The molecule has 0 spiro atoms. The van der Waals surface area contributed by atoms with Gasteiger partial charge in [-0.2, -0.15) is 0 Å². The van der Waals surface area contributed by atoms with Crippen LogP contribution in [0, 0.1) is 0 Å². The first-order chi connectivity index (χ1) is 11.7. The monoisotopic (exact) mass is 387 g/mol. The van der Waals surface area contributed by atoms with E-state index in [1.54, 1.807) is 18.2 Å². The Bertz CT molecular complexity index is 823. The van der Waals surface area contributed by atoms with Gasteiger partial charge >= 0.3 is 0 Å². The summed E-state index contributed by atoms with van der Waals surface area (Å²) < 4.78 is 8.02. The maximum absolute atomic E-state index is 12.2. The molecule has 1 heterocycles. The lowest BCUT2D eigenvalue weighted by Gasteiger charge is -2.09. The lowest BCUT2D eigenvalue weighted by molar-refractivity contribution is 0.0947. The molecule has 0 radical (unpaired) electrons. The summed E-state index contributed by atoms with van der Waals surface area (Å²) in [6.45, 7) is 0.787. The van der Waals surface area contributed by atoms with E-state index in [2.05, 4.69) is 36.8 Å². The average molecular weight is 388 g/mol. The fourth-order valence-corrected chi connectivity index (χ4v) is 2.44. The first-order valence-corrected chi connectivity index (χ1v) is 8.02. The van der Waals surface area contributed by atoms with Gasteiger partial charge in [-0.25, -0.2) is 4.68 Å². The molecule has 0 atom stereocenters. The molecule has 3 aromatic rings. The molecular weight excluding hydrogens is 374 g/mol. The van der Waals surface area contributed by atoms with Crippen molar-refractivity contribution in [2.24, 2.45) is 0 Å². The van der Waals surface area contributed by atoms with Crippen molar-refractivity contribution in [3.05, 3.63) is 64.9 Å². The van der Waals surface area contributed by atoms with E-state index < -0.39 is 0 Å². The van der Waals surface area contributed by atoms with E-state index in [1.165, 1.54) is 11.0 Å². The van der Waals surface area contributed by atoms with E-state index in [0.29, 0.717) is 18.7 Å². The third-order valence-electron chi connectivity index (χ3n) is 3.17. The summed E-state index contributed by atoms with van der Waals surface area (Å²) in [4.78, 5) is 12.2. The van der Waals surface area contributed by atoms with Crippen molar-refractivity contribution in [3.8, 4) is 11.4 Å². The molecule has 0 aliphatic heterocycles. The number of tetrazole rings is 1. The zero-order chi connectivity index (χ0) is 16.8. The molecule has 0 aliphatic carbocycles. The molecule has 2 aromatic carbocycles. The molecule has 7 nitrogen and oxygen atoms in total. The summed E-state index contributed by atoms with van der Waals surface area (Å²) in [6, 6.07) is 14.6. The molecule has 0 aliphatic rings. The van der Waals surface area contributed by atoms with Gasteiger partial charge in [-0.3, -0.25) is 4.79 Å². The first kappa shape index (κ1) is 16.1. The minimum atomic E-state index is -0.178. The van der Waals surface area contributed by atoms with Crippen LogP contribution in [0.25, 0.3) is 5.69 Å². The fraction of sp³-hybridized carbons (Fsp3) is 0.125. The Hall–Kier alpha value is -2.74. The van der Waals surface area contributed by atoms with E-state index in [4.69, 9.17) is 4.74 Å². The number of nitrogens with zero attached hydrogens (tertiary/aromatic N) is 4. The third kappa shape index (κ3) is 4.17. The first-order valence-electron chi connectivity index (χ1n) is 7.22. The standard InChI is InChI=1S/C16H14BrN5O2/c17-13-4-2-6-15(10-13)24-8-7-18-16(23)12-3-1-5-14(9-12)22-11-19-20-21-22/h1-6,9-11H,7-8H2,(H,18,23).